The lowest BCUT2D eigenvalue weighted by Crippen LogP contribution is -2.02. The van der Waals surface area contributed by atoms with Crippen LogP contribution in [0.25, 0.3) is 0 Å². The number of nitrogens with zero attached hydrogens (tertiary/aromatic N) is 3. The Hall–Kier alpha value is -2.93. The van der Waals surface area contributed by atoms with E-state index < -0.39 is 0 Å². The van der Waals surface area contributed by atoms with Crippen molar-refractivity contribution in [2.45, 2.75) is 26.7 Å². The fraction of sp³-hybridized carbons (Fsp3) is 0.286. The molecule has 0 fully saturated rings. The van der Waals surface area contributed by atoms with E-state index in [0.29, 0.717) is 23.7 Å². The van der Waals surface area contributed by atoms with Gasteiger partial charge in [0.15, 0.2) is 17.3 Å². The zero-order valence-corrected chi connectivity index (χ0v) is 16.9. The van der Waals surface area contributed by atoms with E-state index in [0.717, 1.165) is 30.0 Å². The molecule has 0 saturated carbocycles. The van der Waals surface area contributed by atoms with Crippen LogP contribution in [0.3, 0.4) is 0 Å². The molecule has 0 radical (unpaired) electrons. The molecule has 3 aromatic rings. The molecular weight excluding hydrogens is 372 g/mol. The Morgan fingerprint density at radius 3 is 2.54 bits per heavy atom. The summed E-state index contributed by atoms with van der Waals surface area (Å²) in [7, 11) is 0. The van der Waals surface area contributed by atoms with Gasteiger partial charge in [-0.1, -0.05) is 30.3 Å². The second-order valence-electron chi connectivity index (χ2n) is 6.06. The van der Waals surface area contributed by atoms with Gasteiger partial charge in [-0.05, 0) is 61.8 Å². The minimum absolute atomic E-state index is 0.468. The zero-order valence-electron chi connectivity index (χ0n) is 16.1. The first-order chi connectivity index (χ1) is 13.7. The van der Waals surface area contributed by atoms with Crippen LogP contribution in [0.2, 0.25) is 0 Å². The SMILES string of the molecule is CCOc1ccc(/C=N\n2c(CCc3ccccc3)n[nH]c2=S)cc1OCC. The fourth-order valence-electron chi connectivity index (χ4n) is 2.78. The number of aryl methyl sites for hydroxylation is 2. The predicted molar refractivity (Wildman–Crippen MR) is 113 cm³/mol. The quantitative estimate of drug-likeness (QED) is 0.430. The van der Waals surface area contributed by atoms with Gasteiger partial charge in [-0.3, -0.25) is 5.10 Å². The number of aromatic nitrogens is 3. The summed E-state index contributed by atoms with van der Waals surface area (Å²) in [5.74, 6) is 2.22. The lowest BCUT2D eigenvalue weighted by atomic mass is 10.1. The van der Waals surface area contributed by atoms with E-state index in [2.05, 4.69) is 27.4 Å². The molecule has 0 saturated heterocycles. The van der Waals surface area contributed by atoms with E-state index in [1.165, 1.54) is 5.56 Å². The molecule has 0 aliphatic carbocycles. The Morgan fingerprint density at radius 1 is 1.04 bits per heavy atom. The van der Waals surface area contributed by atoms with Crippen molar-refractivity contribution in [1.82, 2.24) is 14.9 Å². The average Bonchev–Trinajstić information content (AvgIpc) is 3.07. The smallest absolute Gasteiger partial charge is 0.216 e. The van der Waals surface area contributed by atoms with Gasteiger partial charge in [-0.25, -0.2) is 0 Å². The van der Waals surface area contributed by atoms with Gasteiger partial charge in [0.25, 0.3) is 0 Å². The van der Waals surface area contributed by atoms with Gasteiger partial charge in [-0.2, -0.15) is 14.9 Å². The van der Waals surface area contributed by atoms with Crippen molar-refractivity contribution >= 4 is 18.4 Å². The molecule has 0 bridgehead atoms. The molecule has 3 rings (SSSR count). The van der Waals surface area contributed by atoms with E-state index >= 15 is 0 Å². The lowest BCUT2D eigenvalue weighted by Gasteiger charge is -2.11. The maximum atomic E-state index is 5.67. The van der Waals surface area contributed by atoms with Gasteiger partial charge in [0.05, 0.1) is 19.4 Å². The highest BCUT2D eigenvalue weighted by atomic mass is 32.1. The summed E-state index contributed by atoms with van der Waals surface area (Å²) in [6.07, 6.45) is 3.35. The van der Waals surface area contributed by atoms with Crippen LogP contribution in [-0.4, -0.2) is 34.3 Å². The van der Waals surface area contributed by atoms with Crippen molar-refractivity contribution in [3.63, 3.8) is 0 Å². The van der Waals surface area contributed by atoms with E-state index in [1.54, 1.807) is 10.9 Å². The minimum Gasteiger partial charge on any atom is -0.490 e. The summed E-state index contributed by atoms with van der Waals surface area (Å²) < 4.78 is 13.4. The average molecular weight is 397 g/mol. The van der Waals surface area contributed by atoms with Crippen LogP contribution in [0, 0.1) is 4.77 Å². The Balaban J connectivity index is 1.78. The van der Waals surface area contributed by atoms with Crippen LogP contribution in [0.1, 0.15) is 30.8 Å². The molecule has 0 amide bonds. The largest absolute Gasteiger partial charge is 0.490 e. The van der Waals surface area contributed by atoms with Gasteiger partial charge in [-0.15, -0.1) is 0 Å². The van der Waals surface area contributed by atoms with Crippen LogP contribution in [0.15, 0.2) is 53.6 Å². The molecule has 146 valence electrons. The van der Waals surface area contributed by atoms with Crippen molar-refractivity contribution in [3.05, 3.63) is 70.3 Å². The molecule has 28 heavy (non-hydrogen) atoms. The van der Waals surface area contributed by atoms with Crippen molar-refractivity contribution in [2.24, 2.45) is 5.10 Å². The van der Waals surface area contributed by atoms with E-state index in [-0.39, 0.29) is 0 Å². The summed E-state index contributed by atoms with van der Waals surface area (Å²) in [6, 6.07) is 16.0. The number of rotatable bonds is 9. The maximum Gasteiger partial charge on any atom is 0.216 e. The number of H-pyrrole nitrogens is 1. The molecule has 0 spiro atoms. The van der Waals surface area contributed by atoms with Crippen molar-refractivity contribution in [1.29, 1.82) is 0 Å². The van der Waals surface area contributed by atoms with Gasteiger partial charge in [0, 0.05) is 6.42 Å². The predicted octanol–water partition coefficient (Wildman–Crippen LogP) is 4.41. The highest BCUT2D eigenvalue weighted by Crippen LogP contribution is 2.28. The number of aromatic amines is 1. The second-order valence-corrected chi connectivity index (χ2v) is 6.45. The number of benzene rings is 2. The van der Waals surface area contributed by atoms with Gasteiger partial charge in [0.2, 0.25) is 4.77 Å². The summed E-state index contributed by atoms with van der Waals surface area (Å²) in [5.41, 5.74) is 2.14. The number of hydrogen-bond donors (Lipinski definition) is 1. The molecule has 1 heterocycles. The highest BCUT2D eigenvalue weighted by molar-refractivity contribution is 7.71. The normalized spacial score (nSPS) is 11.1. The molecule has 0 aliphatic rings. The Kier molecular flexibility index (Phi) is 6.97. The van der Waals surface area contributed by atoms with Gasteiger partial charge >= 0.3 is 0 Å². The Morgan fingerprint density at radius 2 is 1.79 bits per heavy atom. The lowest BCUT2D eigenvalue weighted by molar-refractivity contribution is 0.288. The van der Waals surface area contributed by atoms with Crippen LogP contribution in [0.4, 0.5) is 0 Å². The monoisotopic (exact) mass is 396 g/mol. The molecule has 0 atom stereocenters. The third-order valence-electron chi connectivity index (χ3n) is 4.09. The molecular formula is C21H24N4O2S. The van der Waals surface area contributed by atoms with E-state index in [9.17, 15) is 0 Å². The number of nitrogens with one attached hydrogen (secondary N) is 1. The summed E-state index contributed by atoms with van der Waals surface area (Å²) in [6.45, 7) is 5.04. The number of hydrogen-bond acceptors (Lipinski definition) is 5. The molecule has 2 aromatic carbocycles. The first-order valence-electron chi connectivity index (χ1n) is 9.35. The summed E-state index contributed by atoms with van der Waals surface area (Å²) in [5, 5.41) is 11.7. The van der Waals surface area contributed by atoms with E-state index in [1.807, 2.05) is 50.2 Å². The fourth-order valence-corrected chi connectivity index (χ4v) is 2.98. The molecule has 0 unspecified atom stereocenters. The van der Waals surface area contributed by atoms with E-state index in [4.69, 9.17) is 21.7 Å². The zero-order chi connectivity index (χ0) is 19.8. The van der Waals surface area contributed by atoms with Crippen LogP contribution in [0.5, 0.6) is 11.5 Å². The Bertz CT molecular complexity index is 980. The molecule has 6 nitrogen and oxygen atoms in total. The van der Waals surface area contributed by atoms with Crippen LogP contribution < -0.4 is 9.47 Å². The highest BCUT2D eigenvalue weighted by Gasteiger charge is 2.07. The summed E-state index contributed by atoms with van der Waals surface area (Å²) in [4.78, 5) is 0. The van der Waals surface area contributed by atoms with Crippen molar-refractivity contribution in [3.8, 4) is 11.5 Å². The first-order valence-corrected chi connectivity index (χ1v) is 9.76. The van der Waals surface area contributed by atoms with Gasteiger partial charge in [0.1, 0.15) is 0 Å². The van der Waals surface area contributed by atoms with Crippen molar-refractivity contribution < 1.29 is 9.47 Å². The molecule has 1 aromatic heterocycles. The van der Waals surface area contributed by atoms with Gasteiger partial charge < -0.3 is 9.47 Å². The first kappa shape index (κ1) is 19.8. The topological polar surface area (TPSA) is 64.4 Å². The Labute approximate surface area is 169 Å². The molecule has 0 aliphatic heterocycles. The molecule has 7 heteroatoms. The minimum atomic E-state index is 0.468. The maximum absolute atomic E-state index is 5.67. The second kappa shape index (κ2) is 9.85. The third kappa shape index (κ3) is 5.07. The standard InChI is InChI=1S/C21H24N4O2S/c1-3-26-18-12-10-17(14-19(18)27-4-2)15-22-25-20(23-24-21(25)28)13-11-16-8-6-5-7-9-16/h5-10,12,14-15H,3-4,11,13H2,1-2H3,(H,24,28)/b22-15-. The van der Waals surface area contributed by atoms with Crippen LogP contribution >= 0.6 is 12.2 Å². The molecule has 1 N–H and O–H groups in total. The number of ether oxygens (including phenoxy) is 2. The third-order valence-corrected chi connectivity index (χ3v) is 4.35. The summed E-state index contributed by atoms with van der Waals surface area (Å²) >= 11 is 5.33. The van der Waals surface area contributed by atoms with Crippen LogP contribution in [-0.2, 0) is 12.8 Å². The van der Waals surface area contributed by atoms with Crippen molar-refractivity contribution in [2.75, 3.05) is 13.2 Å².